The predicted molar refractivity (Wildman–Crippen MR) is 214 cm³/mol. The predicted octanol–water partition coefficient (Wildman–Crippen LogP) is 12.2. The monoisotopic (exact) mass is 666 g/mol. The number of nitriles is 2. The van der Waals surface area contributed by atoms with Gasteiger partial charge in [-0.2, -0.15) is 10.5 Å². The van der Waals surface area contributed by atoms with Crippen molar-refractivity contribution in [3.05, 3.63) is 167 Å². The molecule has 0 aliphatic carbocycles. The van der Waals surface area contributed by atoms with Crippen molar-refractivity contribution in [3.8, 4) is 45.8 Å². The normalized spacial score (nSPS) is 11.4. The second kappa shape index (κ2) is 11.9. The molecule has 0 N–H and O–H groups in total. The van der Waals surface area contributed by atoms with Gasteiger partial charge in [0.2, 0.25) is 0 Å². The molecule has 0 unspecified atom stereocenters. The molecule has 2 aromatic heterocycles. The average molecular weight is 667 g/mol. The quantitative estimate of drug-likeness (QED) is 0.188. The molecule has 246 valence electrons. The maximum absolute atomic E-state index is 11.6. The van der Waals surface area contributed by atoms with Crippen LogP contribution < -0.4 is 0 Å². The molecule has 0 fully saturated rings. The fourth-order valence-electron chi connectivity index (χ4n) is 8.14. The molecule has 0 aliphatic rings. The van der Waals surface area contributed by atoms with Crippen molar-refractivity contribution in [2.24, 2.45) is 0 Å². The molecule has 2 heterocycles. The van der Waals surface area contributed by atoms with Gasteiger partial charge in [0.05, 0.1) is 44.6 Å². The number of benzene rings is 7. The van der Waals surface area contributed by atoms with E-state index in [4.69, 9.17) is 0 Å². The third-order valence-electron chi connectivity index (χ3n) is 10.4. The van der Waals surface area contributed by atoms with E-state index in [1.807, 2.05) is 60.7 Å². The standard InChI is InChI=1S/C48H34N4/c1-29-15-19-41-35(23-29)36-24-30(2)16-20-42(36)51(41)47-39(27-49)46(34-13-9-6-10-14-34)48(40(28-50)45(47)33-11-7-5-8-12-33)52-43-21-17-31(3)25-37(43)38-26-32(4)18-22-44(38)52/h5-26H,1-4H3. The number of fused-ring (bicyclic) bond motifs is 6. The van der Waals surface area contributed by atoms with Gasteiger partial charge in [0.25, 0.3) is 0 Å². The van der Waals surface area contributed by atoms with Crippen molar-refractivity contribution in [3.63, 3.8) is 0 Å². The van der Waals surface area contributed by atoms with Gasteiger partial charge in [-0.15, -0.1) is 0 Å². The van der Waals surface area contributed by atoms with Crippen LogP contribution in [0.1, 0.15) is 33.4 Å². The van der Waals surface area contributed by atoms with Gasteiger partial charge in [0.1, 0.15) is 12.1 Å². The van der Waals surface area contributed by atoms with Gasteiger partial charge < -0.3 is 9.13 Å². The van der Waals surface area contributed by atoms with E-state index in [2.05, 4.69) is 122 Å². The van der Waals surface area contributed by atoms with E-state index in [0.29, 0.717) is 22.5 Å². The Kier molecular flexibility index (Phi) is 7.11. The third-order valence-corrected chi connectivity index (χ3v) is 10.4. The molecule has 0 spiro atoms. The molecule has 0 atom stereocenters. The molecule has 0 aliphatic heterocycles. The smallest absolute Gasteiger partial charge is 0.102 e. The molecule has 9 aromatic rings. The minimum Gasteiger partial charge on any atom is -0.307 e. The van der Waals surface area contributed by atoms with Crippen molar-refractivity contribution in [1.29, 1.82) is 10.5 Å². The first-order chi connectivity index (χ1) is 25.4. The van der Waals surface area contributed by atoms with Crippen LogP contribution in [0.25, 0.3) is 77.2 Å². The Bertz CT molecular complexity index is 2680. The van der Waals surface area contributed by atoms with E-state index >= 15 is 0 Å². The minimum absolute atomic E-state index is 0.508. The SMILES string of the molecule is Cc1ccc2c(c1)c1cc(C)ccc1n2-c1c(C#N)c(-c2ccccc2)c(-n2c3ccc(C)cc3c3cc(C)ccc32)c(C#N)c1-c1ccccc1. The average Bonchev–Trinajstić information content (AvgIpc) is 3.64. The molecule has 0 amide bonds. The van der Waals surface area contributed by atoms with Crippen LogP contribution in [0.3, 0.4) is 0 Å². The van der Waals surface area contributed by atoms with Gasteiger partial charge >= 0.3 is 0 Å². The molecule has 4 heteroatoms. The van der Waals surface area contributed by atoms with Crippen molar-refractivity contribution in [1.82, 2.24) is 9.13 Å². The Labute approximate surface area is 302 Å². The molecule has 52 heavy (non-hydrogen) atoms. The lowest BCUT2D eigenvalue weighted by Crippen LogP contribution is -2.11. The summed E-state index contributed by atoms with van der Waals surface area (Å²) in [4.78, 5) is 0. The van der Waals surface area contributed by atoms with Crippen LogP contribution >= 0.6 is 0 Å². The first-order valence-corrected chi connectivity index (χ1v) is 17.6. The van der Waals surface area contributed by atoms with Crippen LogP contribution in [0.15, 0.2) is 133 Å². The Morgan fingerprint density at radius 3 is 0.942 bits per heavy atom. The van der Waals surface area contributed by atoms with E-state index < -0.39 is 0 Å². The Hall–Kier alpha value is -6.88. The molecule has 7 aromatic carbocycles. The van der Waals surface area contributed by atoms with Crippen LogP contribution in [0.2, 0.25) is 0 Å². The summed E-state index contributed by atoms with van der Waals surface area (Å²) in [5.74, 6) is 0. The van der Waals surface area contributed by atoms with E-state index in [9.17, 15) is 10.5 Å². The van der Waals surface area contributed by atoms with Gasteiger partial charge in [-0.05, 0) is 87.4 Å². The number of nitrogens with zero attached hydrogens (tertiary/aromatic N) is 4. The summed E-state index contributed by atoms with van der Waals surface area (Å²) in [6.07, 6.45) is 0. The summed E-state index contributed by atoms with van der Waals surface area (Å²) in [7, 11) is 0. The van der Waals surface area contributed by atoms with E-state index in [-0.39, 0.29) is 0 Å². The van der Waals surface area contributed by atoms with Gasteiger partial charge in [-0.3, -0.25) is 0 Å². The Morgan fingerprint density at radius 2 is 0.673 bits per heavy atom. The zero-order valence-corrected chi connectivity index (χ0v) is 29.5. The summed E-state index contributed by atoms with van der Waals surface area (Å²) in [6, 6.07) is 51.6. The van der Waals surface area contributed by atoms with Crippen LogP contribution in [-0.2, 0) is 0 Å². The summed E-state index contributed by atoms with van der Waals surface area (Å²) in [6.45, 7) is 8.44. The molecule has 0 radical (unpaired) electrons. The maximum atomic E-state index is 11.6. The van der Waals surface area contributed by atoms with Crippen molar-refractivity contribution in [2.45, 2.75) is 27.7 Å². The summed E-state index contributed by atoms with van der Waals surface area (Å²) < 4.78 is 4.44. The highest BCUT2D eigenvalue weighted by atomic mass is 15.0. The Morgan fingerprint density at radius 1 is 0.385 bits per heavy atom. The second-order valence-corrected chi connectivity index (χ2v) is 13.9. The Balaban J connectivity index is 1.59. The van der Waals surface area contributed by atoms with Crippen LogP contribution in [0, 0.1) is 50.4 Å². The third kappa shape index (κ3) is 4.59. The fraction of sp³-hybridized carbons (Fsp3) is 0.0833. The van der Waals surface area contributed by atoms with Crippen molar-refractivity contribution < 1.29 is 0 Å². The topological polar surface area (TPSA) is 57.4 Å². The lowest BCUT2D eigenvalue weighted by atomic mass is 9.86. The highest BCUT2D eigenvalue weighted by Gasteiger charge is 2.31. The first kappa shape index (κ1) is 31.1. The van der Waals surface area contributed by atoms with Gasteiger partial charge in [-0.25, -0.2) is 0 Å². The zero-order chi connectivity index (χ0) is 35.7. The molecular weight excluding hydrogens is 633 g/mol. The zero-order valence-electron chi connectivity index (χ0n) is 29.5. The van der Waals surface area contributed by atoms with Crippen LogP contribution in [0.5, 0.6) is 0 Å². The second-order valence-electron chi connectivity index (χ2n) is 13.9. The minimum atomic E-state index is 0.508. The first-order valence-electron chi connectivity index (χ1n) is 17.6. The van der Waals surface area contributed by atoms with E-state index in [1.54, 1.807) is 0 Å². The molecular formula is C48H34N4. The van der Waals surface area contributed by atoms with Crippen LogP contribution in [-0.4, -0.2) is 9.13 Å². The summed E-state index contributed by atoms with van der Waals surface area (Å²) in [5, 5.41) is 27.6. The largest absolute Gasteiger partial charge is 0.307 e. The number of hydrogen-bond donors (Lipinski definition) is 0. The molecule has 4 nitrogen and oxygen atoms in total. The van der Waals surface area contributed by atoms with Gasteiger partial charge in [0, 0.05) is 32.7 Å². The van der Waals surface area contributed by atoms with E-state index in [0.717, 1.165) is 88.1 Å². The molecule has 9 rings (SSSR count). The maximum Gasteiger partial charge on any atom is 0.102 e. The highest BCUT2D eigenvalue weighted by Crippen LogP contribution is 2.48. The number of hydrogen-bond acceptors (Lipinski definition) is 2. The van der Waals surface area contributed by atoms with Gasteiger partial charge in [-0.1, -0.05) is 107 Å². The summed E-state index contributed by atoms with van der Waals surface area (Å²) >= 11 is 0. The summed E-state index contributed by atoms with van der Waals surface area (Å²) in [5.41, 5.74) is 14.2. The fourth-order valence-corrected chi connectivity index (χ4v) is 8.14. The molecule has 0 saturated carbocycles. The number of rotatable bonds is 4. The lowest BCUT2D eigenvalue weighted by Gasteiger charge is -2.25. The lowest BCUT2D eigenvalue weighted by molar-refractivity contribution is 1.13. The highest BCUT2D eigenvalue weighted by molar-refractivity contribution is 6.13. The molecule has 0 saturated heterocycles. The van der Waals surface area contributed by atoms with E-state index in [1.165, 1.54) is 0 Å². The van der Waals surface area contributed by atoms with Crippen LogP contribution in [0.4, 0.5) is 0 Å². The van der Waals surface area contributed by atoms with Crippen molar-refractivity contribution >= 4 is 43.6 Å². The van der Waals surface area contributed by atoms with Gasteiger partial charge in [0.15, 0.2) is 0 Å². The number of aryl methyl sites for hydroxylation is 4. The number of aromatic nitrogens is 2. The van der Waals surface area contributed by atoms with Crippen molar-refractivity contribution in [2.75, 3.05) is 0 Å². The molecule has 0 bridgehead atoms.